The Kier molecular flexibility index (Phi) is 10.5. The number of rotatable bonds is 12. The van der Waals surface area contributed by atoms with Gasteiger partial charge in [-0.15, -0.1) is 0 Å². The summed E-state index contributed by atoms with van der Waals surface area (Å²) in [6, 6.07) is 10.5. The Hall–Kier alpha value is -3.16. The van der Waals surface area contributed by atoms with Gasteiger partial charge in [-0.05, 0) is 107 Å². The summed E-state index contributed by atoms with van der Waals surface area (Å²) in [5.74, 6) is 0.828. The monoisotopic (exact) mass is 706 g/mol. The molecule has 2 saturated heterocycles. The van der Waals surface area contributed by atoms with Gasteiger partial charge in [-0.2, -0.15) is 5.10 Å². The Labute approximate surface area is 295 Å². The third-order valence-electron chi connectivity index (χ3n) is 10.5. The lowest BCUT2D eigenvalue weighted by atomic mass is 9.97. The Morgan fingerprint density at radius 3 is 2.50 bits per heavy atom. The van der Waals surface area contributed by atoms with Crippen LogP contribution in [-0.2, 0) is 29.3 Å². The van der Waals surface area contributed by atoms with E-state index in [2.05, 4.69) is 41.1 Å². The summed E-state index contributed by atoms with van der Waals surface area (Å²) < 4.78 is 51.3. The predicted octanol–water partition coefficient (Wildman–Crippen LogP) is 7.99. The molecular formula is C38H52F2N6O3Si. The molecule has 2 fully saturated rings. The van der Waals surface area contributed by atoms with Crippen molar-refractivity contribution in [1.82, 2.24) is 29.1 Å². The lowest BCUT2D eigenvalue weighted by Crippen LogP contribution is -2.35. The zero-order valence-corrected chi connectivity index (χ0v) is 31.3. The molecule has 3 aliphatic rings. The summed E-state index contributed by atoms with van der Waals surface area (Å²) >= 11 is 0. The molecule has 0 saturated carbocycles. The molecule has 2 atom stereocenters. The fraction of sp³-hybridized carbons (Fsp3) is 0.579. The first-order valence-electron chi connectivity index (χ1n) is 18.3. The molecule has 9 nitrogen and oxygen atoms in total. The van der Waals surface area contributed by atoms with Gasteiger partial charge in [0.1, 0.15) is 35.9 Å². The zero-order valence-electron chi connectivity index (χ0n) is 30.3. The number of fused-ring (bicyclic) bond motifs is 2. The Balaban J connectivity index is 1.23. The molecule has 4 aromatic rings. The predicted molar refractivity (Wildman–Crippen MR) is 194 cm³/mol. The minimum atomic E-state index is -1.27. The van der Waals surface area contributed by atoms with Gasteiger partial charge < -0.3 is 23.7 Å². The summed E-state index contributed by atoms with van der Waals surface area (Å²) in [5.41, 5.74) is 4.41. The van der Waals surface area contributed by atoms with Crippen LogP contribution in [0.25, 0.3) is 22.4 Å². The quantitative estimate of drug-likeness (QED) is 0.109. The maximum absolute atomic E-state index is 14.0. The molecule has 2 aromatic carbocycles. The number of likely N-dealkylation sites (tertiary alicyclic amines) is 1. The number of aromatic nitrogens is 4. The van der Waals surface area contributed by atoms with Gasteiger partial charge in [0.2, 0.25) is 0 Å². The molecule has 5 heterocycles. The van der Waals surface area contributed by atoms with Crippen LogP contribution in [-0.4, -0.2) is 77.1 Å². The second-order valence-electron chi connectivity index (χ2n) is 15.8. The first kappa shape index (κ1) is 35.2. The fourth-order valence-electron chi connectivity index (χ4n) is 7.49. The molecule has 0 aliphatic carbocycles. The first-order valence-corrected chi connectivity index (χ1v) is 22.1. The van der Waals surface area contributed by atoms with E-state index in [1.54, 1.807) is 6.92 Å². The highest BCUT2D eigenvalue weighted by atomic mass is 28.3. The van der Waals surface area contributed by atoms with Gasteiger partial charge in [0, 0.05) is 52.4 Å². The van der Waals surface area contributed by atoms with Crippen molar-refractivity contribution in [3.05, 3.63) is 65.0 Å². The minimum absolute atomic E-state index is 0.172. The van der Waals surface area contributed by atoms with Gasteiger partial charge in [0.15, 0.2) is 12.1 Å². The summed E-state index contributed by atoms with van der Waals surface area (Å²) in [7, 11) is 0.945. The normalized spacial score (nSPS) is 20.1. The van der Waals surface area contributed by atoms with Crippen molar-refractivity contribution in [2.75, 3.05) is 39.9 Å². The number of hydrogen-bond donors (Lipinski definition) is 0. The molecule has 50 heavy (non-hydrogen) atoms. The van der Waals surface area contributed by atoms with Crippen molar-refractivity contribution in [2.24, 2.45) is 5.92 Å². The van der Waals surface area contributed by atoms with Gasteiger partial charge >= 0.3 is 0 Å². The van der Waals surface area contributed by atoms with Gasteiger partial charge in [0.25, 0.3) is 0 Å². The number of nitrogens with zero attached hydrogens (tertiary/aromatic N) is 6. The van der Waals surface area contributed by atoms with Crippen molar-refractivity contribution in [3.63, 3.8) is 0 Å². The number of piperidine rings is 1. The Morgan fingerprint density at radius 1 is 1.00 bits per heavy atom. The lowest BCUT2D eigenvalue weighted by Gasteiger charge is -2.31. The van der Waals surface area contributed by atoms with E-state index in [1.807, 2.05) is 22.9 Å². The van der Waals surface area contributed by atoms with E-state index in [1.165, 1.54) is 30.7 Å². The largest absolute Gasteiger partial charge is 0.486 e. The molecule has 12 heteroatoms. The molecule has 3 aliphatic heterocycles. The molecule has 0 bridgehead atoms. The van der Waals surface area contributed by atoms with E-state index in [0.717, 1.165) is 92.2 Å². The van der Waals surface area contributed by atoms with Crippen molar-refractivity contribution in [3.8, 4) is 17.3 Å². The van der Waals surface area contributed by atoms with Crippen LogP contribution in [0.5, 0.6) is 5.75 Å². The summed E-state index contributed by atoms with van der Waals surface area (Å²) in [5, 5.41) is 6.13. The molecule has 0 radical (unpaired) electrons. The molecule has 0 N–H and O–H groups in total. The minimum Gasteiger partial charge on any atom is -0.486 e. The van der Waals surface area contributed by atoms with Crippen LogP contribution in [0, 0.1) is 17.6 Å². The van der Waals surface area contributed by atoms with Gasteiger partial charge in [-0.25, -0.2) is 18.4 Å². The van der Waals surface area contributed by atoms with Crippen LogP contribution in [0.3, 0.4) is 0 Å². The molecule has 0 spiro atoms. The Morgan fingerprint density at radius 2 is 1.78 bits per heavy atom. The highest BCUT2D eigenvalue weighted by Crippen LogP contribution is 2.38. The third-order valence-corrected chi connectivity index (χ3v) is 12.2. The van der Waals surface area contributed by atoms with E-state index in [9.17, 15) is 8.78 Å². The van der Waals surface area contributed by atoms with Crippen LogP contribution in [0.2, 0.25) is 25.7 Å². The van der Waals surface area contributed by atoms with Crippen LogP contribution >= 0.6 is 0 Å². The highest BCUT2D eigenvalue weighted by molar-refractivity contribution is 6.76. The second kappa shape index (κ2) is 14.8. The SMILES string of the molecule is C[C@H](Oc1ccc2c(c1)c(-c1nc3c(n1COCC[Si](C)(C)C)CN(CC1CCN(C)CC1)C3)nn2C1CCCCO1)c1cc(F)cc(F)c1. The maximum atomic E-state index is 14.0. The molecule has 2 aromatic heterocycles. The number of ether oxygens (including phenoxy) is 3. The molecule has 7 rings (SSSR count). The number of halogens is 2. The second-order valence-corrected chi connectivity index (χ2v) is 21.4. The van der Waals surface area contributed by atoms with Gasteiger partial charge in [-0.1, -0.05) is 19.6 Å². The molecule has 1 unspecified atom stereocenters. The van der Waals surface area contributed by atoms with Crippen LogP contribution in [0.4, 0.5) is 8.78 Å². The summed E-state index contributed by atoms with van der Waals surface area (Å²) in [4.78, 5) is 10.3. The molecule has 270 valence electrons. The molecule has 0 amide bonds. The van der Waals surface area contributed by atoms with Crippen LogP contribution in [0.1, 0.15) is 68.3 Å². The van der Waals surface area contributed by atoms with Gasteiger partial charge in [0.05, 0.1) is 16.9 Å². The topological polar surface area (TPSA) is 69.8 Å². The smallest absolute Gasteiger partial charge is 0.163 e. The summed E-state index contributed by atoms with van der Waals surface area (Å²) in [6.45, 7) is 15.8. The molecular weight excluding hydrogens is 655 g/mol. The van der Waals surface area contributed by atoms with Gasteiger partial charge in [-0.3, -0.25) is 4.90 Å². The van der Waals surface area contributed by atoms with Crippen molar-refractivity contribution in [1.29, 1.82) is 0 Å². The van der Waals surface area contributed by atoms with Crippen LogP contribution < -0.4 is 4.74 Å². The average molecular weight is 707 g/mol. The average Bonchev–Trinajstić information content (AvgIpc) is 3.74. The third kappa shape index (κ3) is 7.99. The maximum Gasteiger partial charge on any atom is 0.163 e. The van der Waals surface area contributed by atoms with Crippen molar-refractivity contribution < 1.29 is 23.0 Å². The Bertz CT molecular complexity index is 1770. The van der Waals surface area contributed by atoms with E-state index in [-0.39, 0.29) is 6.23 Å². The lowest BCUT2D eigenvalue weighted by molar-refractivity contribution is -0.0365. The number of hydrogen-bond acceptors (Lipinski definition) is 7. The van der Waals surface area contributed by atoms with Crippen molar-refractivity contribution in [2.45, 2.75) is 96.9 Å². The van der Waals surface area contributed by atoms with E-state index < -0.39 is 25.8 Å². The number of benzene rings is 2. The summed E-state index contributed by atoms with van der Waals surface area (Å²) in [6.07, 6.45) is 4.73. The van der Waals surface area contributed by atoms with Crippen LogP contribution in [0.15, 0.2) is 36.4 Å². The highest BCUT2D eigenvalue weighted by Gasteiger charge is 2.32. The zero-order chi connectivity index (χ0) is 35.0. The van der Waals surface area contributed by atoms with E-state index >= 15 is 0 Å². The van der Waals surface area contributed by atoms with E-state index in [4.69, 9.17) is 24.3 Å². The fourth-order valence-corrected chi connectivity index (χ4v) is 8.25. The van der Waals surface area contributed by atoms with Crippen molar-refractivity contribution >= 4 is 19.0 Å². The standard InChI is InChI=1S/C38H52F2N6O3Si/c1-26(28-18-29(39)20-30(40)19-28)49-31-9-10-34-32(21-31)37(42-46(34)36-8-6-7-15-48-36)38-41-33-23-44(22-27-11-13-43(2)14-12-27)24-35(33)45(38)25-47-16-17-50(3,4)5/h9-10,18-21,26-27,36H,6-8,11-17,22-25H2,1-5H3/t26-,36?/m0/s1. The number of imidazole rings is 1. The van der Waals surface area contributed by atoms with E-state index in [0.29, 0.717) is 37.2 Å². The first-order chi connectivity index (χ1) is 24.0.